The second kappa shape index (κ2) is 8.09. The lowest BCUT2D eigenvalue weighted by Gasteiger charge is -2.15. The van der Waals surface area contributed by atoms with Crippen LogP contribution in [0, 0.1) is 5.92 Å². The smallest absolute Gasteiger partial charge is 0.259 e. The summed E-state index contributed by atoms with van der Waals surface area (Å²) in [7, 11) is 5.42. The van der Waals surface area contributed by atoms with Gasteiger partial charge in [0.15, 0.2) is 11.6 Å². The van der Waals surface area contributed by atoms with Crippen LogP contribution in [0.1, 0.15) is 37.0 Å². The fraction of sp³-hybridized carbons (Fsp3) is 0.435. The molecular weight excluding hydrogens is 394 g/mol. The molecule has 1 aromatic carbocycles. The summed E-state index contributed by atoms with van der Waals surface area (Å²) in [4.78, 5) is 31.8. The Hall–Kier alpha value is -3.29. The van der Waals surface area contributed by atoms with E-state index in [4.69, 9.17) is 9.72 Å². The van der Waals surface area contributed by atoms with Crippen LogP contribution in [0.4, 0.5) is 5.69 Å². The van der Waals surface area contributed by atoms with E-state index in [1.165, 1.54) is 0 Å². The maximum atomic E-state index is 13.0. The van der Waals surface area contributed by atoms with Crippen molar-refractivity contribution in [1.29, 1.82) is 0 Å². The van der Waals surface area contributed by atoms with E-state index in [0.29, 0.717) is 22.8 Å². The molecule has 1 saturated heterocycles. The number of nitrogens with one attached hydrogen (secondary N) is 1. The van der Waals surface area contributed by atoms with Crippen molar-refractivity contribution in [2.45, 2.75) is 26.7 Å². The molecule has 2 aromatic heterocycles. The third-order valence-corrected chi connectivity index (χ3v) is 5.85. The van der Waals surface area contributed by atoms with Crippen LogP contribution in [0.25, 0.3) is 22.6 Å². The second-order valence-electron chi connectivity index (χ2n) is 8.38. The zero-order valence-corrected chi connectivity index (χ0v) is 18.7. The number of hydrogen-bond acceptors (Lipinski definition) is 4. The number of hydrogen-bond donors (Lipinski definition) is 1. The number of nitrogens with zero attached hydrogens (tertiary/aromatic N) is 4. The Morgan fingerprint density at radius 1 is 1.16 bits per heavy atom. The Balaban J connectivity index is 1.76. The molecule has 0 spiro atoms. The molecule has 0 radical (unpaired) electrons. The van der Waals surface area contributed by atoms with E-state index in [0.717, 1.165) is 42.7 Å². The quantitative estimate of drug-likeness (QED) is 0.682. The molecule has 164 valence electrons. The van der Waals surface area contributed by atoms with Gasteiger partial charge < -0.3 is 24.1 Å². The van der Waals surface area contributed by atoms with Crippen molar-refractivity contribution in [3.05, 3.63) is 30.0 Å². The molecule has 4 rings (SSSR count). The van der Waals surface area contributed by atoms with Crippen LogP contribution in [-0.4, -0.2) is 51.0 Å². The van der Waals surface area contributed by atoms with Crippen LogP contribution in [0.2, 0.25) is 0 Å². The van der Waals surface area contributed by atoms with Crippen molar-refractivity contribution in [1.82, 2.24) is 19.0 Å². The molecule has 1 aliphatic rings. The van der Waals surface area contributed by atoms with Crippen LogP contribution >= 0.6 is 0 Å². The number of benzene rings is 1. The average Bonchev–Trinajstić information content (AvgIpc) is 3.45. The lowest BCUT2D eigenvalue weighted by Crippen LogP contribution is -2.27. The predicted octanol–water partition coefficient (Wildman–Crippen LogP) is 3.42. The Morgan fingerprint density at radius 2 is 1.87 bits per heavy atom. The Bertz CT molecular complexity index is 1150. The van der Waals surface area contributed by atoms with Gasteiger partial charge in [-0.15, -0.1) is 0 Å². The summed E-state index contributed by atoms with van der Waals surface area (Å²) in [6.07, 6.45) is 3.89. The van der Waals surface area contributed by atoms with Gasteiger partial charge in [-0.05, 0) is 31.0 Å². The molecule has 1 N–H and O–H groups in total. The van der Waals surface area contributed by atoms with Gasteiger partial charge in [-0.3, -0.25) is 9.59 Å². The van der Waals surface area contributed by atoms with Crippen molar-refractivity contribution in [3.8, 4) is 17.3 Å². The number of anilines is 1. The van der Waals surface area contributed by atoms with Crippen molar-refractivity contribution >= 4 is 28.5 Å². The van der Waals surface area contributed by atoms with Crippen LogP contribution in [0.5, 0.6) is 5.75 Å². The number of carbonyl (C=O) groups excluding carboxylic acids is 2. The van der Waals surface area contributed by atoms with E-state index in [1.807, 2.05) is 66.4 Å². The summed E-state index contributed by atoms with van der Waals surface area (Å²) >= 11 is 0. The molecule has 1 fully saturated rings. The van der Waals surface area contributed by atoms with Crippen molar-refractivity contribution in [3.63, 3.8) is 0 Å². The number of aromatic nitrogens is 3. The third-order valence-electron chi connectivity index (χ3n) is 5.85. The first-order valence-electron chi connectivity index (χ1n) is 10.6. The molecule has 8 heteroatoms. The summed E-state index contributed by atoms with van der Waals surface area (Å²) in [5.41, 5.74) is 3.69. The molecule has 2 amide bonds. The van der Waals surface area contributed by atoms with Gasteiger partial charge in [-0.2, -0.15) is 0 Å². The van der Waals surface area contributed by atoms with E-state index in [9.17, 15) is 9.59 Å². The first-order valence-corrected chi connectivity index (χ1v) is 10.6. The lowest BCUT2D eigenvalue weighted by molar-refractivity contribution is -0.118. The number of fused-ring (bicyclic) bond motifs is 1. The molecule has 3 heterocycles. The van der Waals surface area contributed by atoms with Crippen LogP contribution in [0.15, 0.2) is 24.4 Å². The van der Waals surface area contributed by atoms with Crippen LogP contribution in [-0.2, 0) is 18.9 Å². The molecule has 0 atom stereocenters. The molecule has 8 nitrogen and oxygen atoms in total. The first-order chi connectivity index (χ1) is 14.8. The number of carbonyl (C=O) groups is 2. The molecule has 31 heavy (non-hydrogen) atoms. The molecule has 0 saturated carbocycles. The first kappa shape index (κ1) is 21.0. The topological polar surface area (TPSA) is 81.4 Å². The van der Waals surface area contributed by atoms with Gasteiger partial charge in [0, 0.05) is 45.0 Å². The number of amides is 2. The largest absolute Gasteiger partial charge is 0.494 e. The van der Waals surface area contributed by atoms with E-state index in [1.54, 1.807) is 7.11 Å². The standard InChI is InChI=1S/C23H29N5O3/c1-14(2)22(29)24-15-8-9-18-17(12-15)25-21(27(18)4)19-20(31-5)16(13-26(19)3)23(30)28-10-6-7-11-28/h8-9,12-14H,6-7,10-11H2,1-5H3,(H,24,29). The summed E-state index contributed by atoms with van der Waals surface area (Å²) in [5.74, 6) is 1.08. The highest BCUT2D eigenvalue weighted by Crippen LogP contribution is 2.36. The number of aryl methyl sites for hydroxylation is 2. The molecule has 0 bridgehead atoms. The minimum absolute atomic E-state index is 0.00588. The monoisotopic (exact) mass is 423 g/mol. The average molecular weight is 424 g/mol. The minimum Gasteiger partial charge on any atom is -0.494 e. The highest BCUT2D eigenvalue weighted by atomic mass is 16.5. The SMILES string of the molecule is COc1c(C(=O)N2CCCC2)cn(C)c1-c1nc2cc(NC(=O)C(C)C)ccc2n1C. The highest BCUT2D eigenvalue weighted by molar-refractivity contribution is 6.00. The van der Waals surface area contributed by atoms with E-state index in [-0.39, 0.29) is 17.7 Å². The molecule has 1 aliphatic heterocycles. The maximum absolute atomic E-state index is 13.0. The molecular formula is C23H29N5O3. The van der Waals surface area contributed by atoms with E-state index < -0.39 is 0 Å². The van der Waals surface area contributed by atoms with Gasteiger partial charge in [0.25, 0.3) is 5.91 Å². The van der Waals surface area contributed by atoms with Gasteiger partial charge in [-0.1, -0.05) is 13.8 Å². The van der Waals surface area contributed by atoms with E-state index in [2.05, 4.69) is 5.32 Å². The Labute approximate surface area is 181 Å². The molecule has 0 unspecified atom stereocenters. The summed E-state index contributed by atoms with van der Waals surface area (Å²) in [5, 5.41) is 2.92. The number of rotatable bonds is 5. The fourth-order valence-electron chi connectivity index (χ4n) is 4.09. The lowest BCUT2D eigenvalue weighted by atomic mass is 10.2. The van der Waals surface area contributed by atoms with Crippen LogP contribution < -0.4 is 10.1 Å². The van der Waals surface area contributed by atoms with Gasteiger partial charge in [0.2, 0.25) is 5.91 Å². The van der Waals surface area contributed by atoms with Gasteiger partial charge in [0.1, 0.15) is 11.3 Å². The minimum atomic E-state index is -0.103. The molecule has 0 aliphatic carbocycles. The predicted molar refractivity (Wildman–Crippen MR) is 120 cm³/mol. The Kier molecular flexibility index (Phi) is 5.47. The zero-order chi connectivity index (χ0) is 22.3. The van der Waals surface area contributed by atoms with Crippen LogP contribution in [0.3, 0.4) is 0 Å². The van der Waals surface area contributed by atoms with Gasteiger partial charge >= 0.3 is 0 Å². The van der Waals surface area contributed by atoms with Gasteiger partial charge in [0.05, 0.1) is 18.1 Å². The molecule has 3 aromatic rings. The second-order valence-corrected chi connectivity index (χ2v) is 8.38. The highest BCUT2D eigenvalue weighted by Gasteiger charge is 2.29. The zero-order valence-electron chi connectivity index (χ0n) is 18.7. The van der Waals surface area contributed by atoms with Crippen molar-refractivity contribution < 1.29 is 14.3 Å². The summed E-state index contributed by atoms with van der Waals surface area (Å²) < 4.78 is 9.58. The Morgan fingerprint density at radius 3 is 2.52 bits per heavy atom. The maximum Gasteiger partial charge on any atom is 0.259 e. The van der Waals surface area contributed by atoms with E-state index >= 15 is 0 Å². The number of methoxy groups -OCH3 is 1. The van der Waals surface area contributed by atoms with Gasteiger partial charge in [-0.25, -0.2) is 4.98 Å². The number of imidazole rings is 1. The number of ether oxygens (including phenoxy) is 1. The summed E-state index contributed by atoms with van der Waals surface area (Å²) in [6, 6.07) is 5.68. The summed E-state index contributed by atoms with van der Waals surface area (Å²) in [6.45, 7) is 5.28. The third kappa shape index (κ3) is 3.66. The van der Waals surface area contributed by atoms with Crippen molar-refractivity contribution in [2.75, 3.05) is 25.5 Å². The fourth-order valence-corrected chi connectivity index (χ4v) is 4.09. The normalized spacial score (nSPS) is 13.9. The number of likely N-dealkylation sites (tertiary alicyclic amines) is 1. The van der Waals surface area contributed by atoms with Crippen molar-refractivity contribution in [2.24, 2.45) is 20.0 Å².